The molecule has 0 atom stereocenters. The molecule has 1 fully saturated rings. The van der Waals surface area contributed by atoms with Gasteiger partial charge in [-0.3, -0.25) is 0 Å². The Morgan fingerprint density at radius 2 is 0.554 bits per heavy atom. The van der Waals surface area contributed by atoms with E-state index in [1.54, 1.807) is 0 Å². The molecular formula is C58H32S16. The zero-order chi connectivity index (χ0) is 49.0. The van der Waals surface area contributed by atoms with Crippen LogP contribution in [0.4, 0.5) is 0 Å². The maximum Gasteiger partial charge on any atom is 0.0717 e. The Kier molecular flexibility index (Phi) is 13.9. The molecule has 8 aliphatic rings. The summed E-state index contributed by atoms with van der Waals surface area (Å²) in [5.41, 5.74) is 6.81. The molecule has 0 radical (unpaired) electrons. The normalized spacial score (nSPS) is 18.9. The quantitative estimate of drug-likeness (QED) is 0.154. The Labute approximate surface area is 497 Å². The van der Waals surface area contributed by atoms with Crippen LogP contribution in [-0.2, 0) is 0 Å². The van der Waals surface area contributed by atoms with Crippen molar-refractivity contribution >= 4 is 218 Å². The average Bonchev–Trinajstić information content (AvgIpc) is 4.30. The van der Waals surface area contributed by atoms with E-state index in [0.717, 1.165) is 0 Å². The molecule has 0 unspecified atom stereocenters. The summed E-state index contributed by atoms with van der Waals surface area (Å²) in [7, 11) is 0. The van der Waals surface area contributed by atoms with E-state index in [0.29, 0.717) is 0 Å². The molecule has 360 valence electrons. The van der Waals surface area contributed by atoms with Gasteiger partial charge in [0.25, 0.3) is 0 Å². The van der Waals surface area contributed by atoms with Crippen LogP contribution >= 0.6 is 188 Å². The molecule has 7 heterocycles. The molecule has 16 heteroatoms. The number of benzene rings is 7. The summed E-state index contributed by atoms with van der Waals surface area (Å²) < 4.78 is 15.1. The molecule has 15 rings (SSSR count). The minimum atomic E-state index is 1.32. The van der Waals surface area contributed by atoms with Crippen molar-refractivity contribution in [2.45, 2.75) is 39.2 Å². The molecule has 0 aromatic heterocycles. The third-order valence-electron chi connectivity index (χ3n) is 12.7. The van der Waals surface area contributed by atoms with E-state index in [9.17, 15) is 0 Å². The van der Waals surface area contributed by atoms with Crippen molar-refractivity contribution in [2.75, 3.05) is 12.5 Å². The van der Waals surface area contributed by atoms with Gasteiger partial charge in [0.2, 0.25) is 0 Å². The van der Waals surface area contributed by atoms with Crippen LogP contribution in [-0.4, -0.2) is 12.5 Å². The SMILES string of the molecule is CSC1=C(SC)SC(=c2c3ccccc3c(=C3SC4=C(SC(=CC=C5C(=C6Sc7ccccc7S6)C(=C6Sc7ccccc7S6)C(=C6Sc7ccccc7S6)C5=C5Sc6ccccc6S5)S4)S3)c3ccccc23)S1. The number of allylic oxidation sites excluding steroid dienone is 7. The fourth-order valence-electron chi connectivity index (χ4n) is 9.52. The second-order valence-corrected chi connectivity index (χ2v) is 36.0. The van der Waals surface area contributed by atoms with Crippen molar-refractivity contribution in [2.24, 2.45) is 0 Å². The van der Waals surface area contributed by atoms with Crippen LogP contribution in [0.1, 0.15) is 0 Å². The third-order valence-corrected chi connectivity index (χ3v) is 33.7. The van der Waals surface area contributed by atoms with Gasteiger partial charge >= 0.3 is 0 Å². The van der Waals surface area contributed by atoms with Gasteiger partial charge in [-0.15, -0.1) is 23.5 Å². The lowest BCUT2D eigenvalue weighted by atomic mass is 9.99. The van der Waals surface area contributed by atoms with Crippen LogP contribution in [0.25, 0.3) is 30.0 Å². The standard InChI is InChI=1S/C58H32S16/c1-59-55-56(60-2)72-49(71-55)43-29-15-3-5-17-31(29)44(32-18-6-4-16-30(32)43)50-73-57-58(74-50)70-42(69-57)28-27-33-45(51-61-34-19-7-8-20-35(34)62-51)47(53-65-38-23-11-12-24-39(38)66-53)48(54-67-40-25-13-14-26-41(40)68-54)46(33)52-63-36-21-9-10-22-37(36)64-52/h3-28H,1-2H3. The van der Waals surface area contributed by atoms with Crippen molar-refractivity contribution in [1.29, 1.82) is 0 Å². The van der Waals surface area contributed by atoms with Crippen molar-refractivity contribution in [3.05, 3.63) is 234 Å². The van der Waals surface area contributed by atoms with Gasteiger partial charge in [0.05, 0.1) is 46.6 Å². The fraction of sp³-hybridized carbons (Fsp3) is 0.0345. The van der Waals surface area contributed by atoms with Crippen molar-refractivity contribution < 1.29 is 0 Å². The van der Waals surface area contributed by atoms with Gasteiger partial charge in [-0.05, 0) is 94.2 Å². The number of fused-ring (bicyclic) bond motifs is 6. The van der Waals surface area contributed by atoms with E-state index in [1.807, 2.05) is 188 Å². The molecule has 0 spiro atoms. The predicted octanol–water partition coefficient (Wildman–Crippen LogP) is 21.8. The lowest BCUT2D eigenvalue weighted by molar-refractivity contribution is 1.27. The van der Waals surface area contributed by atoms with Crippen LogP contribution < -0.4 is 10.4 Å². The van der Waals surface area contributed by atoms with E-state index in [1.165, 1.54) is 146 Å². The first-order valence-electron chi connectivity index (χ1n) is 23.1. The molecule has 0 N–H and O–H groups in total. The Morgan fingerprint density at radius 3 is 0.865 bits per heavy atom. The summed E-state index contributed by atoms with van der Waals surface area (Å²) in [6.45, 7) is 0. The number of rotatable bonds is 3. The van der Waals surface area contributed by atoms with Gasteiger partial charge in [0.1, 0.15) is 0 Å². The first-order valence-corrected chi connectivity index (χ1v) is 36.9. The van der Waals surface area contributed by atoms with Crippen molar-refractivity contribution in [1.82, 2.24) is 0 Å². The maximum atomic E-state index is 2.51. The monoisotopic (exact) mass is 1240 g/mol. The fourth-order valence-corrected chi connectivity index (χ4v) is 31.4. The molecule has 7 aromatic rings. The zero-order valence-electron chi connectivity index (χ0n) is 38.5. The molecule has 1 aliphatic carbocycles. The summed E-state index contributed by atoms with van der Waals surface area (Å²) >= 11 is 31.1. The van der Waals surface area contributed by atoms with E-state index in [-0.39, 0.29) is 0 Å². The van der Waals surface area contributed by atoms with E-state index in [2.05, 4.69) is 170 Å². The molecule has 7 aromatic carbocycles. The summed E-state index contributed by atoms with van der Waals surface area (Å²) in [6.07, 6.45) is 9.38. The predicted molar refractivity (Wildman–Crippen MR) is 351 cm³/mol. The first kappa shape index (κ1) is 49.4. The molecule has 0 bridgehead atoms. The van der Waals surface area contributed by atoms with Gasteiger partial charge in [-0.25, -0.2) is 0 Å². The molecule has 1 saturated carbocycles. The van der Waals surface area contributed by atoms with Gasteiger partial charge in [0, 0.05) is 71.9 Å². The number of hydrogen-bond acceptors (Lipinski definition) is 16. The smallest absolute Gasteiger partial charge is 0.0717 e. The minimum absolute atomic E-state index is 1.32. The highest BCUT2D eigenvalue weighted by Crippen LogP contribution is 2.70. The zero-order valence-corrected chi connectivity index (χ0v) is 51.6. The summed E-state index contributed by atoms with van der Waals surface area (Å²) in [6, 6.07) is 54.2. The third kappa shape index (κ3) is 8.68. The molecule has 7 aliphatic heterocycles. The van der Waals surface area contributed by atoms with Crippen LogP contribution in [0.5, 0.6) is 0 Å². The lowest BCUT2D eigenvalue weighted by Gasteiger charge is -2.12. The lowest BCUT2D eigenvalue weighted by Crippen LogP contribution is -2.16. The van der Waals surface area contributed by atoms with Crippen molar-refractivity contribution in [3.8, 4) is 0 Å². The highest BCUT2D eigenvalue weighted by molar-refractivity contribution is 8.52. The van der Waals surface area contributed by atoms with Crippen LogP contribution in [0, 0.1) is 0 Å². The van der Waals surface area contributed by atoms with E-state index >= 15 is 0 Å². The topological polar surface area (TPSA) is 0 Å². The largest absolute Gasteiger partial charge is 0.121 e. The van der Waals surface area contributed by atoms with Crippen LogP contribution in [0.2, 0.25) is 0 Å². The minimum Gasteiger partial charge on any atom is -0.121 e. The molecule has 0 saturated heterocycles. The highest BCUT2D eigenvalue weighted by atomic mass is 32.3. The number of hydrogen-bond donors (Lipinski definition) is 0. The maximum absolute atomic E-state index is 2.51. The van der Waals surface area contributed by atoms with Crippen LogP contribution in [0.15, 0.2) is 263 Å². The van der Waals surface area contributed by atoms with Crippen LogP contribution in [0.3, 0.4) is 0 Å². The Balaban J connectivity index is 0.880. The van der Waals surface area contributed by atoms with Gasteiger partial charge in [0.15, 0.2) is 0 Å². The van der Waals surface area contributed by atoms with E-state index in [4.69, 9.17) is 0 Å². The van der Waals surface area contributed by atoms with Gasteiger partial charge < -0.3 is 0 Å². The molecule has 0 amide bonds. The average molecular weight is 1240 g/mol. The molecule has 0 nitrogen and oxygen atoms in total. The molecular weight excluding hydrogens is 1210 g/mol. The van der Waals surface area contributed by atoms with Gasteiger partial charge in [-0.2, -0.15) is 0 Å². The highest BCUT2D eigenvalue weighted by Gasteiger charge is 2.44. The molecule has 74 heavy (non-hydrogen) atoms. The Hall–Kier alpha value is -1.68. The Morgan fingerprint density at radius 1 is 0.270 bits per heavy atom. The van der Waals surface area contributed by atoms with Gasteiger partial charge in [-0.1, -0.05) is 268 Å². The van der Waals surface area contributed by atoms with E-state index < -0.39 is 0 Å². The number of thioether (sulfide) groups is 16. The van der Waals surface area contributed by atoms with Crippen molar-refractivity contribution in [3.63, 3.8) is 0 Å². The summed E-state index contributed by atoms with van der Waals surface area (Å²) in [5, 5.41) is 8.07. The Bertz CT molecular complexity index is 3760. The summed E-state index contributed by atoms with van der Waals surface area (Å²) in [5.74, 6) is 0. The second-order valence-electron chi connectivity index (χ2n) is 16.9. The second kappa shape index (κ2) is 20.8. The summed E-state index contributed by atoms with van der Waals surface area (Å²) in [4.78, 5) is 10.7. The first-order chi connectivity index (χ1) is 36.5.